The first-order valence-corrected chi connectivity index (χ1v) is 11.8. The predicted molar refractivity (Wildman–Crippen MR) is 136 cm³/mol. The summed E-state index contributed by atoms with van der Waals surface area (Å²) >= 11 is 5.79. The number of pyridine rings is 1. The van der Waals surface area contributed by atoms with Crippen LogP contribution in [0.3, 0.4) is 0 Å². The Morgan fingerprint density at radius 2 is 1.94 bits per heavy atom. The van der Waals surface area contributed by atoms with Gasteiger partial charge in [-0.2, -0.15) is 0 Å². The van der Waals surface area contributed by atoms with Crippen molar-refractivity contribution in [1.29, 1.82) is 0 Å². The van der Waals surface area contributed by atoms with E-state index in [1.54, 1.807) is 24.6 Å². The standard InChI is InChI=1S/C27H26N4O3S/c1-17-15-22(18(2)31(17)20-11-9-19(10-12-20)26(32)33-3)25-24(23-8-4-5-13-28-23)29-27(35)30(25)16-21-7-6-14-34-21/h4-15,24-25H,16H2,1-3H3,(H,29,35)/t24-,25-/m1/s1. The molecule has 1 N–H and O–H groups in total. The molecule has 1 fully saturated rings. The summed E-state index contributed by atoms with van der Waals surface area (Å²) in [6, 6.07) is 19.2. The summed E-state index contributed by atoms with van der Waals surface area (Å²) in [4.78, 5) is 18.7. The molecule has 1 aromatic carbocycles. The van der Waals surface area contributed by atoms with Crippen LogP contribution in [0.5, 0.6) is 0 Å². The third-order valence-corrected chi connectivity index (χ3v) is 6.79. The highest BCUT2D eigenvalue weighted by molar-refractivity contribution is 7.80. The van der Waals surface area contributed by atoms with Crippen molar-refractivity contribution in [3.05, 3.63) is 107 Å². The van der Waals surface area contributed by atoms with E-state index in [4.69, 9.17) is 21.4 Å². The molecule has 35 heavy (non-hydrogen) atoms. The lowest BCUT2D eigenvalue weighted by molar-refractivity contribution is 0.0600. The Kier molecular flexibility index (Phi) is 6.13. The molecule has 5 rings (SSSR count). The number of hydrogen-bond acceptors (Lipinski definition) is 5. The minimum absolute atomic E-state index is 0.0863. The summed E-state index contributed by atoms with van der Waals surface area (Å²) in [5.41, 5.74) is 5.74. The van der Waals surface area contributed by atoms with Crippen LogP contribution in [-0.4, -0.2) is 32.6 Å². The topological polar surface area (TPSA) is 72.5 Å². The fraction of sp³-hybridized carbons (Fsp3) is 0.222. The van der Waals surface area contributed by atoms with Gasteiger partial charge in [-0.25, -0.2) is 4.79 Å². The molecule has 0 radical (unpaired) electrons. The van der Waals surface area contributed by atoms with Gasteiger partial charge in [-0.1, -0.05) is 6.07 Å². The van der Waals surface area contributed by atoms with Gasteiger partial charge in [-0.05, 0) is 86.2 Å². The van der Waals surface area contributed by atoms with Crippen molar-refractivity contribution in [2.24, 2.45) is 0 Å². The van der Waals surface area contributed by atoms with Gasteiger partial charge in [-0.15, -0.1) is 0 Å². The van der Waals surface area contributed by atoms with Crippen molar-refractivity contribution in [3.8, 4) is 5.69 Å². The van der Waals surface area contributed by atoms with Gasteiger partial charge < -0.3 is 23.9 Å². The zero-order valence-electron chi connectivity index (χ0n) is 19.8. The molecule has 0 saturated carbocycles. The van der Waals surface area contributed by atoms with E-state index in [1.165, 1.54) is 7.11 Å². The van der Waals surface area contributed by atoms with E-state index in [9.17, 15) is 4.79 Å². The largest absolute Gasteiger partial charge is 0.467 e. The van der Waals surface area contributed by atoms with Gasteiger partial charge in [0.25, 0.3) is 0 Å². The number of nitrogens with zero attached hydrogens (tertiary/aromatic N) is 3. The maximum Gasteiger partial charge on any atom is 0.337 e. The maximum atomic E-state index is 11.9. The molecule has 4 aromatic rings. The van der Waals surface area contributed by atoms with Crippen LogP contribution in [0.15, 0.2) is 77.5 Å². The number of carbonyl (C=O) groups excluding carboxylic acids is 1. The smallest absolute Gasteiger partial charge is 0.337 e. The molecule has 1 aliphatic heterocycles. The molecule has 3 aromatic heterocycles. The SMILES string of the molecule is COC(=O)c1ccc(-n2c(C)cc([C@@H]3[C@@H](c4ccccn4)NC(=S)N3Cc3ccco3)c2C)cc1. The maximum absolute atomic E-state index is 11.9. The number of furan rings is 1. The van der Waals surface area contributed by atoms with Crippen molar-refractivity contribution < 1.29 is 13.9 Å². The number of hydrogen-bond donors (Lipinski definition) is 1. The highest BCUT2D eigenvalue weighted by Crippen LogP contribution is 2.42. The first kappa shape index (κ1) is 22.9. The number of aryl methyl sites for hydroxylation is 1. The van der Waals surface area contributed by atoms with Gasteiger partial charge in [0.05, 0.1) is 43.3 Å². The van der Waals surface area contributed by atoms with E-state index >= 15 is 0 Å². The number of carbonyl (C=O) groups is 1. The van der Waals surface area contributed by atoms with Crippen molar-refractivity contribution >= 4 is 23.3 Å². The number of esters is 1. The summed E-state index contributed by atoms with van der Waals surface area (Å²) in [5.74, 6) is 0.489. The third kappa shape index (κ3) is 4.21. The van der Waals surface area contributed by atoms with Crippen LogP contribution in [0.2, 0.25) is 0 Å². The lowest BCUT2D eigenvalue weighted by atomic mass is 9.96. The van der Waals surface area contributed by atoms with E-state index in [0.717, 1.165) is 34.1 Å². The molecule has 0 aliphatic carbocycles. The number of nitrogens with one attached hydrogen (secondary N) is 1. The monoisotopic (exact) mass is 486 g/mol. The van der Waals surface area contributed by atoms with E-state index in [1.807, 2.05) is 42.5 Å². The van der Waals surface area contributed by atoms with Crippen LogP contribution in [-0.2, 0) is 11.3 Å². The van der Waals surface area contributed by atoms with Gasteiger partial charge in [0, 0.05) is 23.3 Å². The average molecular weight is 487 g/mol. The second kappa shape index (κ2) is 9.38. The van der Waals surface area contributed by atoms with Crippen molar-refractivity contribution in [3.63, 3.8) is 0 Å². The number of methoxy groups -OCH3 is 1. The third-order valence-electron chi connectivity index (χ3n) is 6.44. The molecule has 0 amide bonds. The minimum atomic E-state index is -0.351. The molecule has 8 heteroatoms. The van der Waals surface area contributed by atoms with Crippen LogP contribution in [0.4, 0.5) is 0 Å². The Morgan fingerprint density at radius 1 is 1.14 bits per heavy atom. The minimum Gasteiger partial charge on any atom is -0.467 e. The van der Waals surface area contributed by atoms with E-state index in [2.05, 4.69) is 39.7 Å². The van der Waals surface area contributed by atoms with E-state index in [0.29, 0.717) is 17.2 Å². The fourth-order valence-corrected chi connectivity index (χ4v) is 5.14. The first-order valence-electron chi connectivity index (χ1n) is 11.4. The second-order valence-corrected chi connectivity index (χ2v) is 8.92. The molecule has 0 spiro atoms. The quantitative estimate of drug-likeness (QED) is 0.302. The number of aromatic nitrogens is 2. The van der Waals surface area contributed by atoms with Gasteiger partial charge in [0.1, 0.15) is 5.76 Å². The molecule has 0 unspecified atom stereocenters. The lowest BCUT2D eigenvalue weighted by Crippen LogP contribution is -2.29. The van der Waals surface area contributed by atoms with E-state index < -0.39 is 0 Å². The number of benzene rings is 1. The Labute approximate surface area is 209 Å². The molecule has 4 heterocycles. The lowest BCUT2D eigenvalue weighted by Gasteiger charge is -2.27. The first-order chi connectivity index (χ1) is 17.0. The Morgan fingerprint density at radius 3 is 2.60 bits per heavy atom. The second-order valence-electron chi connectivity index (χ2n) is 8.53. The predicted octanol–water partition coefficient (Wildman–Crippen LogP) is 5.04. The van der Waals surface area contributed by atoms with Crippen molar-refractivity contribution in [1.82, 2.24) is 19.8 Å². The van der Waals surface area contributed by atoms with Gasteiger partial charge in [0.15, 0.2) is 5.11 Å². The molecule has 2 atom stereocenters. The zero-order chi connectivity index (χ0) is 24.5. The van der Waals surface area contributed by atoms with Gasteiger partial charge in [-0.3, -0.25) is 4.98 Å². The molecular weight excluding hydrogens is 460 g/mol. The van der Waals surface area contributed by atoms with Gasteiger partial charge >= 0.3 is 5.97 Å². The van der Waals surface area contributed by atoms with Crippen LogP contribution >= 0.6 is 12.2 Å². The Hall–Kier alpha value is -3.91. The highest BCUT2D eigenvalue weighted by Gasteiger charge is 2.41. The molecule has 7 nitrogen and oxygen atoms in total. The summed E-state index contributed by atoms with van der Waals surface area (Å²) < 4.78 is 12.7. The van der Waals surface area contributed by atoms with Gasteiger partial charge in [0.2, 0.25) is 0 Å². The average Bonchev–Trinajstić information content (AvgIpc) is 3.58. The van der Waals surface area contributed by atoms with Crippen LogP contribution in [0, 0.1) is 13.8 Å². The molecular formula is C27H26N4O3S. The fourth-order valence-electron chi connectivity index (χ4n) is 4.83. The highest BCUT2D eigenvalue weighted by atomic mass is 32.1. The van der Waals surface area contributed by atoms with E-state index in [-0.39, 0.29) is 18.1 Å². The summed E-state index contributed by atoms with van der Waals surface area (Å²) in [5, 5.41) is 4.16. The molecule has 0 bridgehead atoms. The van der Waals surface area contributed by atoms with Crippen LogP contribution in [0.25, 0.3) is 5.69 Å². The number of rotatable bonds is 6. The van der Waals surface area contributed by atoms with Crippen molar-refractivity contribution in [2.45, 2.75) is 32.5 Å². The molecule has 1 saturated heterocycles. The Bertz CT molecular complexity index is 1350. The Balaban J connectivity index is 1.58. The summed E-state index contributed by atoms with van der Waals surface area (Å²) in [6.07, 6.45) is 3.48. The van der Waals surface area contributed by atoms with Crippen LogP contribution < -0.4 is 5.32 Å². The zero-order valence-corrected chi connectivity index (χ0v) is 20.6. The normalized spacial score (nSPS) is 17.5. The number of ether oxygens (including phenoxy) is 1. The van der Waals surface area contributed by atoms with Crippen LogP contribution in [0.1, 0.15) is 50.8 Å². The number of thiocarbonyl (C=S) groups is 1. The summed E-state index contributed by atoms with van der Waals surface area (Å²) in [6.45, 7) is 4.74. The van der Waals surface area contributed by atoms with Crippen molar-refractivity contribution in [2.75, 3.05) is 7.11 Å². The molecule has 1 aliphatic rings. The summed E-state index contributed by atoms with van der Waals surface area (Å²) in [7, 11) is 1.38. The molecule has 178 valence electrons.